The van der Waals surface area contributed by atoms with Gasteiger partial charge in [-0.05, 0) is 25.1 Å². The topological polar surface area (TPSA) is 61.7 Å². The number of carbonyl (C=O) groups is 2. The first-order valence-corrected chi connectivity index (χ1v) is 9.41. The molecular formula is C19H22ClN5O2. The Kier molecular flexibility index (Phi) is 4.65. The van der Waals surface area contributed by atoms with E-state index in [1.165, 1.54) is 0 Å². The van der Waals surface area contributed by atoms with Gasteiger partial charge < -0.3 is 9.80 Å². The van der Waals surface area contributed by atoms with E-state index < -0.39 is 6.04 Å². The van der Waals surface area contributed by atoms with Gasteiger partial charge in [-0.3, -0.25) is 14.5 Å². The highest BCUT2D eigenvalue weighted by atomic mass is 35.5. The first-order chi connectivity index (χ1) is 12.9. The van der Waals surface area contributed by atoms with E-state index in [9.17, 15) is 9.59 Å². The zero-order valence-electron chi connectivity index (χ0n) is 15.4. The highest BCUT2D eigenvalue weighted by Gasteiger charge is 2.44. The summed E-state index contributed by atoms with van der Waals surface area (Å²) in [4.78, 5) is 30.6. The van der Waals surface area contributed by atoms with Crippen molar-refractivity contribution in [3.63, 3.8) is 0 Å². The molecule has 1 aromatic carbocycles. The number of fused-ring (bicyclic) bond motifs is 1. The Bertz CT molecular complexity index is 882. The molecule has 0 aliphatic carbocycles. The molecule has 27 heavy (non-hydrogen) atoms. The van der Waals surface area contributed by atoms with Crippen LogP contribution in [0.5, 0.6) is 0 Å². The zero-order valence-corrected chi connectivity index (χ0v) is 16.1. The van der Waals surface area contributed by atoms with Crippen LogP contribution < -0.4 is 0 Å². The minimum atomic E-state index is -0.393. The summed E-state index contributed by atoms with van der Waals surface area (Å²) in [5, 5.41) is 5.08. The predicted octanol–water partition coefficient (Wildman–Crippen LogP) is 1.40. The van der Waals surface area contributed by atoms with E-state index in [1.807, 2.05) is 36.7 Å². The first-order valence-electron chi connectivity index (χ1n) is 9.03. The van der Waals surface area contributed by atoms with Gasteiger partial charge in [0.15, 0.2) is 0 Å². The molecule has 4 rings (SSSR count). The lowest BCUT2D eigenvalue weighted by atomic mass is 10.0. The lowest BCUT2D eigenvalue weighted by Gasteiger charge is -2.47. The lowest BCUT2D eigenvalue weighted by Crippen LogP contribution is -2.68. The molecule has 0 radical (unpaired) electrons. The van der Waals surface area contributed by atoms with Crippen LogP contribution >= 0.6 is 11.6 Å². The maximum atomic E-state index is 12.6. The van der Waals surface area contributed by atoms with E-state index in [2.05, 4.69) is 10.00 Å². The number of nitrogens with zero attached hydrogens (tertiary/aromatic N) is 5. The van der Waals surface area contributed by atoms with Crippen molar-refractivity contribution in [1.82, 2.24) is 24.5 Å². The molecule has 7 nitrogen and oxygen atoms in total. The second kappa shape index (κ2) is 6.98. The molecule has 2 fully saturated rings. The Morgan fingerprint density at radius 2 is 2.04 bits per heavy atom. The van der Waals surface area contributed by atoms with Crippen LogP contribution in [0.15, 0.2) is 36.7 Å². The van der Waals surface area contributed by atoms with Gasteiger partial charge in [0.05, 0.1) is 11.9 Å². The molecule has 0 unspecified atom stereocenters. The molecule has 0 saturated carbocycles. The van der Waals surface area contributed by atoms with E-state index in [0.717, 1.165) is 17.8 Å². The summed E-state index contributed by atoms with van der Waals surface area (Å²) >= 11 is 6.05. The first kappa shape index (κ1) is 18.0. The third-order valence-corrected chi connectivity index (χ3v) is 5.67. The van der Waals surface area contributed by atoms with Crippen molar-refractivity contribution in [2.75, 3.05) is 26.7 Å². The predicted molar refractivity (Wildman–Crippen MR) is 102 cm³/mol. The van der Waals surface area contributed by atoms with Crippen LogP contribution in [0.25, 0.3) is 5.69 Å². The van der Waals surface area contributed by atoms with Gasteiger partial charge in [-0.15, -0.1) is 0 Å². The highest BCUT2D eigenvalue weighted by Crippen LogP contribution is 2.22. The molecule has 3 heterocycles. The van der Waals surface area contributed by atoms with Crippen molar-refractivity contribution in [2.24, 2.45) is 0 Å². The number of hydrogen-bond donors (Lipinski definition) is 0. The Morgan fingerprint density at radius 1 is 1.22 bits per heavy atom. The van der Waals surface area contributed by atoms with E-state index in [1.54, 1.807) is 28.5 Å². The summed E-state index contributed by atoms with van der Waals surface area (Å²) in [6.45, 7) is 4.34. The minimum Gasteiger partial charge on any atom is -0.332 e. The molecule has 2 atom stereocenters. The van der Waals surface area contributed by atoms with Crippen molar-refractivity contribution in [3.8, 4) is 5.69 Å². The zero-order chi connectivity index (χ0) is 19.1. The summed E-state index contributed by atoms with van der Waals surface area (Å²) in [6.07, 6.45) is 3.80. The summed E-state index contributed by atoms with van der Waals surface area (Å²) < 4.78 is 1.79. The Labute approximate surface area is 163 Å². The van der Waals surface area contributed by atoms with Crippen LogP contribution in [0.4, 0.5) is 0 Å². The van der Waals surface area contributed by atoms with Crippen LogP contribution in [0.3, 0.4) is 0 Å². The van der Waals surface area contributed by atoms with Crippen molar-refractivity contribution in [1.29, 1.82) is 0 Å². The third kappa shape index (κ3) is 3.33. The van der Waals surface area contributed by atoms with Crippen LogP contribution in [0.1, 0.15) is 12.5 Å². The Morgan fingerprint density at radius 3 is 2.81 bits per heavy atom. The highest BCUT2D eigenvalue weighted by molar-refractivity contribution is 6.30. The molecule has 1 aromatic heterocycles. The van der Waals surface area contributed by atoms with E-state index >= 15 is 0 Å². The molecule has 0 spiro atoms. The number of piperazine rings is 2. The molecule has 8 heteroatoms. The molecule has 2 aliphatic rings. The third-order valence-electron chi connectivity index (χ3n) is 5.43. The van der Waals surface area contributed by atoms with Gasteiger partial charge in [0.2, 0.25) is 11.8 Å². The fourth-order valence-electron chi connectivity index (χ4n) is 3.75. The quantitative estimate of drug-likeness (QED) is 0.798. The number of halogens is 1. The Hall–Kier alpha value is -2.38. The summed E-state index contributed by atoms with van der Waals surface area (Å²) in [5.74, 6) is 0.0527. The molecule has 2 aliphatic heterocycles. The monoisotopic (exact) mass is 387 g/mol. The van der Waals surface area contributed by atoms with Crippen molar-refractivity contribution in [2.45, 2.75) is 25.6 Å². The van der Waals surface area contributed by atoms with Crippen LogP contribution in [0.2, 0.25) is 5.02 Å². The lowest BCUT2D eigenvalue weighted by molar-refractivity contribution is -0.163. The standard InChI is InChI=1S/C19H22ClN5O2/c1-13-18(26)24-7-6-23(12-17(24)19(27)22(13)2)10-14-9-21-25(11-14)16-5-3-4-15(20)8-16/h3-5,8-9,11,13,17H,6-7,10,12H2,1-2H3/t13-,17+/m0/s1. The SMILES string of the molecule is C[C@H]1C(=O)N2CCN(Cc3cnn(-c4cccc(Cl)c4)c3)C[C@@H]2C(=O)N1C. The summed E-state index contributed by atoms with van der Waals surface area (Å²) in [5.41, 5.74) is 1.96. The fourth-order valence-corrected chi connectivity index (χ4v) is 3.93. The van der Waals surface area contributed by atoms with Gasteiger partial charge in [0.25, 0.3) is 0 Å². The maximum absolute atomic E-state index is 12.6. The molecule has 0 bridgehead atoms. The molecule has 2 saturated heterocycles. The number of amides is 2. The van der Waals surface area contributed by atoms with E-state index in [4.69, 9.17) is 11.6 Å². The van der Waals surface area contributed by atoms with Crippen molar-refractivity contribution in [3.05, 3.63) is 47.2 Å². The number of hydrogen-bond acceptors (Lipinski definition) is 4. The summed E-state index contributed by atoms with van der Waals surface area (Å²) in [7, 11) is 1.70. The van der Waals surface area contributed by atoms with Gasteiger partial charge in [0, 0.05) is 50.0 Å². The molecule has 2 aromatic rings. The average molecular weight is 388 g/mol. The number of rotatable bonds is 3. The second-order valence-electron chi connectivity index (χ2n) is 7.18. The van der Waals surface area contributed by atoms with Crippen molar-refractivity contribution >= 4 is 23.4 Å². The van der Waals surface area contributed by atoms with Crippen LogP contribution in [-0.4, -0.2) is 75.1 Å². The van der Waals surface area contributed by atoms with Crippen LogP contribution in [0, 0.1) is 0 Å². The molecule has 2 amide bonds. The fraction of sp³-hybridized carbons (Fsp3) is 0.421. The number of benzene rings is 1. The summed E-state index contributed by atoms with van der Waals surface area (Å²) in [6, 6.07) is 6.76. The minimum absolute atomic E-state index is 0.0152. The number of likely N-dealkylation sites (N-methyl/N-ethyl adjacent to an activating group) is 1. The van der Waals surface area contributed by atoms with Gasteiger partial charge in [-0.2, -0.15) is 5.10 Å². The number of aromatic nitrogens is 2. The van der Waals surface area contributed by atoms with Gasteiger partial charge >= 0.3 is 0 Å². The van der Waals surface area contributed by atoms with Gasteiger partial charge in [-0.1, -0.05) is 17.7 Å². The maximum Gasteiger partial charge on any atom is 0.247 e. The smallest absolute Gasteiger partial charge is 0.247 e. The van der Waals surface area contributed by atoms with E-state index in [-0.39, 0.29) is 17.9 Å². The Balaban J connectivity index is 1.46. The van der Waals surface area contributed by atoms with Crippen molar-refractivity contribution < 1.29 is 9.59 Å². The van der Waals surface area contributed by atoms with Gasteiger partial charge in [0.1, 0.15) is 12.1 Å². The van der Waals surface area contributed by atoms with Crippen LogP contribution in [-0.2, 0) is 16.1 Å². The molecular weight excluding hydrogens is 366 g/mol. The molecule has 142 valence electrons. The second-order valence-corrected chi connectivity index (χ2v) is 7.62. The largest absolute Gasteiger partial charge is 0.332 e. The normalized spacial score (nSPS) is 23.7. The van der Waals surface area contributed by atoms with E-state index in [0.29, 0.717) is 24.7 Å². The molecule has 0 N–H and O–H groups in total. The average Bonchev–Trinajstić information content (AvgIpc) is 3.13. The van der Waals surface area contributed by atoms with Gasteiger partial charge in [-0.25, -0.2) is 4.68 Å². The number of carbonyl (C=O) groups excluding carboxylic acids is 2.